The van der Waals surface area contributed by atoms with Gasteiger partial charge in [-0.05, 0) is 45.4 Å². The number of nitrogens with one attached hydrogen (secondary N) is 1. The number of carbonyl (C=O) groups excluding carboxylic acids is 1. The summed E-state index contributed by atoms with van der Waals surface area (Å²) in [5, 5.41) is 7.14. The Morgan fingerprint density at radius 2 is 1.96 bits per heavy atom. The highest BCUT2D eigenvalue weighted by Crippen LogP contribution is 2.20. The van der Waals surface area contributed by atoms with Gasteiger partial charge in [-0.25, -0.2) is 4.79 Å². The van der Waals surface area contributed by atoms with Gasteiger partial charge < -0.3 is 19.5 Å². The van der Waals surface area contributed by atoms with Crippen LogP contribution in [0.3, 0.4) is 0 Å². The number of carbonyl (C=O) groups is 1. The molecule has 0 saturated carbocycles. The lowest BCUT2D eigenvalue weighted by molar-refractivity contribution is 0.132. The number of piperazine rings is 1. The van der Waals surface area contributed by atoms with Gasteiger partial charge in [-0.2, -0.15) is 0 Å². The minimum absolute atomic E-state index is 0.0281. The van der Waals surface area contributed by atoms with Crippen molar-refractivity contribution in [2.45, 2.75) is 46.4 Å². The molecular weight excluding hydrogens is 356 g/mol. The summed E-state index contributed by atoms with van der Waals surface area (Å²) in [6, 6.07) is 9.74. The van der Waals surface area contributed by atoms with Crippen molar-refractivity contribution in [3.63, 3.8) is 0 Å². The van der Waals surface area contributed by atoms with Crippen molar-refractivity contribution in [3.8, 4) is 5.75 Å². The molecule has 0 radical (unpaired) electrons. The molecule has 1 aromatic carbocycles. The van der Waals surface area contributed by atoms with Crippen LogP contribution in [0, 0.1) is 6.92 Å². The smallest absolute Gasteiger partial charge is 0.317 e. The summed E-state index contributed by atoms with van der Waals surface area (Å²) < 4.78 is 10.9. The topological polar surface area (TPSA) is 70.8 Å². The van der Waals surface area contributed by atoms with E-state index in [0.29, 0.717) is 13.1 Å². The highest BCUT2D eigenvalue weighted by atomic mass is 16.5. The average molecular weight is 386 g/mol. The van der Waals surface area contributed by atoms with E-state index in [9.17, 15) is 4.79 Å². The summed E-state index contributed by atoms with van der Waals surface area (Å²) in [5.41, 5.74) is 1.97. The summed E-state index contributed by atoms with van der Waals surface area (Å²) in [6.45, 7) is 11.7. The van der Waals surface area contributed by atoms with Crippen LogP contribution in [0.2, 0.25) is 0 Å². The predicted molar refractivity (Wildman–Crippen MR) is 107 cm³/mol. The molecule has 1 atom stereocenters. The van der Waals surface area contributed by atoms with Gasteiger partial charge >= 0.3 is 6.03 Å². The summed E-state index contributed by atoms with van der Waals surface area (Å²) in [5.74, 6) is 1.65. The first-order valence-corrected chi connectivity index (χ1v) is 9.87. The van der Waals surface area contributed by atoms with Crippen LogP contribution >= 0.6 is 0 Å². The molecule has 1 N–H and O–H groups in total. The Balaban J connectivity index is 1.48. The average Bonchev–Trinajstić information content (AvgIpc) is 3.06. The Morgan fingerprint density at radius 3 is 2.61 bits per heavy atom. The zero-order valence-corrected chi connectivity index (χ0v) is 17.1. The fourth-order valence-electron chi connectivity index (χ4n) is 3.32. The summed E-state index contributed by atoms with van der Waals surface area (Å²) in [4.78, 5) is 16.8. The predicted octanol–water partition coefficient (Wildman–Crippen LogP) is 3.36. The van der Waals surface area contributed by atoms with Crippen LogP contribution in [0.4, 0.5) is 4.79 Å². The number of aryl methyl sites for hydroxylation is 1. The summed E-state index contributed by atoms with van der Waals surface area (Å²) in [6.07, 6.45) is 0.123. The molecule has 2 amide bonds. The number of rotatable bonds is 6. The molecule has 2 aromatic rings. The van der Waals surface area contributed by atoms with E-state index >= 15 is 0 Å². The molecule has 1 aromatic heterocycles. The van der Waals surface area contributed by atoms with Crippen LogP contribution in [-0.2, 0) is 6.54 Å². The van der Waals surface area contributed by atoms with E-state index in [4.69, 9.17) is 9.26 Å². The molecule has 0 aliphatic carbocycles. The SMILES string of the molecule is Cc1cc(CN2CCN(C(=O)NC(C)c3cccc(OC(C)C)c3)CC2)no1. The molecule has 152 valence electrons. The second kappa shape index (κ2) is 9.10. The molecule has 1 aliphatic rings. The fraction of sp³-hybridized carbons (Fsp3) is 0.524. The van der Waals surface area contributed by atoms with Crippen molar-refractivity contribution in [2.75, 3.05) is 26.2 Å². The van der Waals surface area contributed by atoms with Gasteiger partial charge in [0, 0.05) is 38.8 Å². The minimum atomic E-state index is -0.0839. The largest absolute Gasteiger partial charge is 0.491 e. The van der Waals surface area contributed by atoms with E-state index in [2.05, 4.69) is 15.4 Å². The Kier molecular flexibility index (Phi) is 6.57. The van der Waals surface area contributed by atoms with Crippen molar-refractivity contribution in [2.24, 2.45) is 0 Å². The maximum absolute atomic E-state index is 12.7. The van der Waals surface area contributed by atoms with Gasteiger partial charge in [0.2, 0.25) is 0 Å². The van der Waals surface area contributed by atoms with E-state index in [0.717, 1.165) is 42.4 Å². The van der Waals surface area contributed by atoms with Gasteiger partial charge in [-0.3, -0.25) is 4.90 Å². The number of ether oxygens (including phenoxy) is 1. The van der Waals surface area contributed by atoms with Gasteiger partial charge in [-0.15, -0.1) is 0 Å². The maximum Gasteiger partial charge on any atom is 0.317 e. The number of hydrogen-bond donors (Lipinski definition) is 1. The fourth-order valence-corrected chi connectivity index (χ4v) is 3.32. The van der Waals surface area contributed by atoms with E-state index in [1.54, 1.807) is 0 Å². The molecule has 0 spiro atoms. The molecule has 7 nitrogen and oxygen atoms in total. The van der Waals surface area contributed by atoms with Crippen LogP contribution < -0.4 is 10.1 Å². The van der Waals surface area contributed by atoms with Crippen LogP contribution in [0.1, 0.15) is 43.8 Å². The van der Waals surface area contributed by atoms with Crippen molar-refractivity contribution < 1.29 is 14.1 Å². The quantitative estimate of drug-likeness (QED) is 0.824. The number of aromatic nitrogens is 1. The molecule has 1 saturated heterocycles. The van der Waals surface area contributed by atoms with Crippen molar-refractivity contribution >= 4 is 6.03 Å². The molecule has 28 heavy (non-hydrogen) atoms. The second-order valence-electron chi connectivity index (χ2n) is 7.60. The monoisotopic (exact) mass is 386 g/mol. The van der Waals surface area contributed by atoms with Gasteiger partial charge in [0.25, 0.3) is 0 Å². The highest BCUT2D eigenvalue weighted by molar-refractivity contribution is 5.74. The van der Waals surface area contributed by atoms with E-state index in [1.807, 2.05) is 62.9 Å². The molecule has 1 unspecified atom stereocenters. The number of benzene rings is 1. The Hall–Kier alpha value is -2.54. The standard InChI is InChI=1S/C21H30N4O3/c1-15(2)27-20-7-5-6-18(13-20)17(4)22-21(26)25-10-8-24(9-11-25)14-19-12-16(3)28-23-19/h5-7,12-13,15,17H,8-11,14H2,1-4H3,(H,22,26). The van der Waals surface area contributed by atoms with Crippen LogP contribution in [0.15, 0.2) is 34.9 Å². The van der Waals surface area contributed by atoms with Gasteiger partial charge in [0.15, 0.2) is 0 Å². The zero-order chi connectivity index (χ0) is 20.1. The third-order valence-corrected chi connectivity index (χ3v) is 4.79. The first-order chi connectivity index (χ1) is 13.4. The summed E-state index contributed by atoms with van der Waals surface area (Å²) in [7, 11) is 0. The molecule has 2 heterocycles. The van der Waals surface area contributed by atoms with E-state index < -0.39 is 0 Å². The third-order valence-electron chi connectivity index (χ3n) is 4.79. The summed E-state index contributed by atoms with van der Waals surface area (Å²) >= 11 is 0. The second-order valence-corrected chi connectivity index (χ2v) is 7.60. The molecular formula is C21H30N4O3. The highest BCUT2D eigenvalue weighted by Gasteiger charge is 2.23. The van der Waals surface area contributed by atoms with Gasteiger partial charge in [-0.1, -0.05) is 17.3 Å². The molecule has 0 bridgehead atoms. The number of hydrogen-bond acceptors (Lipinski definition) is 5. The Labute approximate surface area is 166 Å². The van der Waals surface area contributed by atoms with E-state index in [1.165, 1.54) is 0 Å². The van der Waals surface area contributed by atoms with Gasteiger partial charge in [0.1, 0.15) is 11.5 Å². The van der Waals surface area contributed by atoms with Crippen LogP contribution in [0.5, 0.6) is 5.75 Å². The van der Waals surface area contributed by atoms with Crippen molar-refractivity contribution in [3.05, 3.63) is 47.3 Å². The molecule has 3 rings (SSSR count). The number of nitrogens with zero attached hydrogens (tertiary/aromatic N) is 3. The van der Waals surface area contributed by atoms with Gasteiger partial charge in [0.05, 0.1) is 17.8 Å². The lowest BCUT2D eigenvalue weighted by atomic mass is 10.1. The number of urea groups is 1. The van der Waals surface area contributed by atoms with Crippen molar-refractivity contribution in [1.82, 2.24) is 20.3 Å². The normalized spacial score (nSPS) is 16.2. The lowest BCUT2D eigenvalue weighted by Gasteiger charge is -2.34. The lowest BCUT2D eigenvalue weighted by Crippen LogP contribution is -2.51. The van der Waals surface area contributed by atoms with E-state index in [-0.39, 0.29) is 18.2 Å². The van der Waals surface area contributed by atoms with Crippen molar-refractivity contribution in [1.29, 1.82) is 0 Å². The Bertz CT molecular complexity index is 781. The molecule has 1 aliphatic heterocycles. The first-order valence-electron chi connectivity index (χ1n) is 9.87. The molecule has 7 heteroatoms. The number of amides is 2. The van der Waals surface area contributed by atoms with Crippen LogP contribution in [-0.4, -0.2) is 53.3 Å². The van der Waals surface area contributed by atoms with Crippen LogP contribution in [0.25, 0.3) is 0 Å². The molecule has 1 fully saturated rings. The first kappa shape index (κ1) is 20.2. The Morgan fingerprint density at radius 1 is 1.21 bits per heavy atom. The zero-order valence-electron chi connectivity index (χ0n) is 17.1. The minimum Gasteiger partial charge on any atom is -0.491 e. The maximum atomic E-state index is 12.7. The third kappa shape index (κ3) is 5.48.